The van der Waals surface area contributed by atoms with E-state index in [0.29, 0.717) is 12.2 Å². The minimum absolute atomic E-state index is 0.0226. The van der Waals surface area contributed by atoms with Gasteiger partial charge in [0, 0.05) is 41.0 Å². The van der Waals surface area contributed by atoms with E-state index in [0.717, 1.165) is 61.4 Å². The molecule has 1 saturated heterocycles. The van der Waals surface area contributed by atoms with Gasteiger partial charge < -0.3 is 19.7 Å². The minimum Gasteiger partial charge on any atom is -0.487 e. The van der Waals surface area contributed by atoms with Crippen molar-refractivity contribution in [3.05, 3.63) is 29.7 Å². The fourth-order valence-electron chi connectivity index (χ4n) is 8.25. The molecular weight excluding hydrogens is 407 g/mol. The first kappa shape index (κ1) is 19.4. The van der Waals surface area contributed by atoms with Gasteiger partial charge in [-0.05, 0) is 74.0 Å². The Kier molecular flexibility index (Phi) is 3.56. The Morgan fingerprint density at radius 1 is 1.28 bits per heavy atom. The van der Waals surface area contributed by atoms with Gasteiger partial charge in [-0.2, -0.15) is 0 Å². The normalized spacial score (nSPS) is 39.9. The number of hydrogen-bond acceptors (Lipinski definition) is 3. The standard InChI is InChI=1S/C26H31FN2O3/c1-14(18-12-28-20-6-5-19(27)23(22(18)20)32-17-3-4-17)7-21(30)29-15-8-24(2)25(9-15)10-16(29)11-26(24,31)13-25/h5-6,12,14-17,28,31H,3-4,7-11,13H2,1-2H3. The Bertz CT molecular complexity index is 1150. The maximum absolute atomic E-state index is 14.7. The van der Waals surface area contributed by atoms with Crippen molar-refractivity contribution in [2.45, 2.75) is 94.9 Å². The van der Waals surface area contributed by atoms with Crippen molar-refractivity contribution in [2.75, 3.05) is 0 Å². The number of aliphatic hydroxyl groups is 1. The van der Waals surface area contributed by atoms with Crippen LogP contribution < -0.4 is 4.74 Å². The van der Waals surface area contributed by atoms with E-state index in [-0.39, 0.29) is 46.7 Å². The van der Waals surface area contributed by atoms with Crippen molar-refractivity contribution in [3.63, 3.8) is 0 Å². The summed E-state index contributed by atoms with van der Waals surface area (Å²) in [7, 11) is 0. The summed E-state index contributed by atoms with van der Waals surface area (Å²) in [4.78, 5) is 19.0. The highest BCUT2D eigenvalue weighted by Gasteiger charge is 2.80. The van der Waals surface area contributed by atoms with E-state index in [4.69, 9.17) is 4.74 Å². The highest BCUT2D eigenvalue weighted by atomic mass is 19.1. The van der Waals surface area contributed by atoms with Crippen LogP contribution in [0.3, 0.4) is 0 Å². The van der Waals surface area contributed by atoms with E-state index in [1.54, 1.807) is 6.07 Å². The maximum Gasteiger partial charge on any atom is 0.223 e. The molecule has 5 nitrogen and oxygen atoms in total. The highest BCUT2D eigenvalue weighted by molar-refractivity contribution is 5.91. The summed E-state index contributed by atoms with van der Waals surface area (Å²) in [6, 6.07) is 3.62. The molecule has 6 fully saturated rings. The summed E-state index contributed by atoms with van der Waals surface area (Å²) in [5, 5.41) is 12.0. The number of nitrogens with one attached hydrogen (secondary N) is 1. The second kappa shape index (κ2) is 5.88. The van der Waals surface area contributed by atoms with E-state index < -0.39 is 5.60 Å². The van der Waals surface area contributed by atoms with Gasteiger partial charge in [0.1, 0.15) is 0 Å². The number of halogens is 1. The quantitative estimate of drug-likeness (QED) is 0.715. The van der Waals surface area contributed by atoms with Crippen LogP contribution in [0.1, 0.15) is 76.7 Å². The Morgan fingerprint density at radius 3 is 2.78 bits per heavy atom. The number of aromatic amines is 1. The molecule has 2 N–H and O–H groups in total. The van der Waals surface area contributed by atoms with Gasteiger partial charge in [-0.1, -0.05) is 13.8 Å². The van der Waals surface area contributed by atoms with Crippen LogP contribution in [0.2, 0.25) is 0 Å². The molecule has 170 valence electrons. The van der Waals surface area contributed by atoms with Crippen LogP contribution in [0.15, 0.2) is 18.3 Å². The third kappa shape index (κ3) is 2.25. The summed E-state index contributed by atoms with van der Waals surface area (Å²) >= 11 is 0. The molecule has 1 spiro atoms. The van der Waals surface area contributed by atoms with Gasteiger partial charge in [0.05, 0.1) is 11.7 Å². The average Bonchev–Trinajstić information content (AvgIpc) is 3.40. The number of carbonyl (C=O) groups is 1. The molecule has 6 unspecified atom stereocenters. The Hall–Kier alpha value is -2.08. The molecule has 6 heteroatoms. The lowest BCUT2D eigenvalue weighted by molar-refractivity contribution is -0.286. The first-order chi connectivity index (χ1) is 15.2. The number of H-pyrrole nitrogens is 1. The van der Waals surface area contributed by atoms with Gasteiger partial charge in [0.25, 0.3) is 0 Å². The third-order valence-electron chi connectivity index (χ3n) is 9.98. The average molecular weight is 439 g/mol. The van der Waals surface area contributed by atoms with Crippen molar-refractivity contribution in [1.29, 1.82) is 0 Å². The number of ether oxygens (including phenoxy) is 1. The number of hydrogen-bond donors (Lipinski definition) is 2. The minimum atomic E-state index is -0.589. The van der Waals surface area contributed by atoms with Gasteiger partial charge in [-0.25, -0.2) is 4.39 Å². The molecule has 0 radical (unpaired) electrons. The number of amides is 1. The predicted molar refractivity (Wildman–Crippen MR) is 118 cm³/mol. The molecule has 1 aromatic carbocycles. The van der Waals surface area contributed by atoms with Gasteiger partial charge in [0.2, 0.25) is 5.91 Å². The molecule has 6 atom stereocenters. The van der Waals surface area contributed by atoms with Crippen molar-refractivity contribution in [3.8, 4) is 5.75 Å². The first-order valence-electron chi connectivity index (χ1n) is 12.2. The fourth-order valence-corrected chi connectivity index (χ4v) is 8.25. The lowest BCUT2D eigenvalue weighted by atomic mass is 9.37. The van der Waals surface area contributed by atoms with E-state index >= 15 is 0 Å². The zero-order chi connectivity index (χ0) is 22.0. The summed E-state index contributed by atoms with van der Waals surface area (Å²) in [5.74, 6) is 0.105. The number of piperidine rings is 1. The molecule has 2 heterocycles. The number of rotatable bonds is 5. The molecule has 1 amide bonds. The number of nitrogens with zero attached hydrogens (tertiary/aromatic N) is 1. The van der Waals surface area contributed by atoms with Gasteiger partial charge in [-0.15, -0.1) is 0 Å². The molecule has 6 aliphatic rings. The van der Waals surface area contributed by atoms with Crippen LogP contribution >= 0.6 is 0 Å². The smallest absolute Gasteiger partial charge is 0.223 e. The van der Waals surface area contributed by atoms with E-state index in [9.17, 15) is 14.3 Å². The monoisotopic (exact) mass is 438 g/mol. The second-order valence-electron chi connectivity index (χ2n) is 11.7. The lowest BCUT2D eigenvalue weighted by Gasteiger charge is -2.71. The Balaban J connectivity index is 1.17. The maximum atomic E-state index is 14.7. The van der Waals surface area contributed by atoms with E-state index in [2.05, 4.69) is 23.7 Å². The van der Waals surface area contributed by atoms with Crippen molar-refractivity contribution in [2.24, 2.45) is 10.8 Å². The molecular formula is C26H31FN2O3. The molecule has 5 saturated carbocycles. The zero-order valence-corrected chi connectivity index (χ0v) is 18.8. The number of carbonyl (C=O) groups excluding carboxylic acids is 1. The fraction of sp³-hybridized carbons (Fsp3) is 0.654. The Labute approximate surface area is 187 Å². The van der Waals surface area contributed by atoms with Crippen LogP contribution in [-0.2, 0) is 4.79 Å². The number of benzene rings is 1. The largest absolute Gasteiger partial charge is 0.487 e. The van der Waals surface area contributed by atoms with Crippen LogP contribution in [-0.4, -0.2) is 44.7 Å². The highest BCUT2D eigenvalue weighted by Crippen LogP contribution is 2.80. The first-order valence-corrected chi connectivity index (χ1v) is 12.2. The lowest BCUT2D eigenvalue weighted by Crippen LogP contribution is -2.73. The van der Waals surface area contributed by atoms with Gasteiger partial charge in [-0.3, -0.25) is 4.79 Å². The molecule has 4 bridgehead atoms. The van der Waals surface area contributed by atoms with E-state index in [1.807, 2.05) is 6.20 Å². The van der Waals surface area contributed by atoms with E-state index in [1.165, 1.54) is 6.07 Å². The molecule has 8 rings (SSSR count). The molecule has 1 aromatic heterocycles. The van der Waals surface area contributed by atoms with Gasteiger partial charge >= 0.3 is 0 Å². The van der Waals surface area contributed by atoms with Crippen LogP contribution in [0.5, 0.6) is 5.75 Å². The van der Waals surface area contributed by atoms with Crippen LogP contribution in [0, 0.1) is 16.6 Å². The molecule has 5 aliphatic carbocycles. The van der Waals surface area contributed by atoms with Crippen molar-refractivity contribution < 1.29 is 19.0 Å². The van der Waals surface area contributed by atoms with Crippen molar-refractivity contribution >= 4 is 16.8 Å². The SMILES string of the molecule is CC(CC(=O)N1C2CC3(O)CC4(C2)CC1CC34C)c1c[nH]c2ccc(F)c(OC3CC3)c12. The van der Waals surface area contributed by atoms with Crippen LogP contribution in [0.4, 0.5) is 4.39 Å². The molecule has 32 heavy (non-hydrogen) atoms. The summed E-state index contributed by atoms with van der Waals surface area (Å²) in [6.07, 6.45) is 8.99. The second-order valence-corrected chi connectivity index (χ2v) is 11.7. The molecule has 2 aromatic rings. The topological polar surface area (TPSA) is 65.6 Å². The van der Waals surface area contributed by atoms with Crippen LogP contribution in [0.25, 0.3) is 10.9 Å². The number of aromatic nitrogens is 1. The molecule has 1 aliphatic heterocycles. The summed E-state index contributed by atoms with van der Waals surface area (Å²) in [6.45, 7) is 4.31. The predicted octanol–water partition coefficient (Wildman–Crippen LogP) is 4.64. The van der Waals surface area contributed by atoms with Crippen molar-refractivity contribution in [1.82, 2.24) is 9.88 Å². The summed E-state index contributed by atoms with van der Waals surface area (Å²) < 4.78 is 20.6. The number of fused-ring (bicyclic) bond motifs is 2. The zero-order valence-electron chi connectivity index (χ0n) is 18.8. The third-order valence-corrected chi connectivity index (χ3v) is 9.98. The van der Waals surface area contributed by atoms with Gasteiger partial charge in [0.15, 0.2) is 11.6 Å². The summed E-state index contributed by atoms with van der Waals surface area (Å²) in [5.41, 5.74) is 1.43. The Morgan fingerprint density at radius 2 is 2.03 bits per heavy atom. The number of likely N-dealkylation sites (tertiary alicyclic amines) is 1.